The standard InChI is InChI=1S/C18H39NO.ClH/c1-3-4-5-6-7-8-9-10-11-12-13-14-15-16-18(20)17(2)19;/h17-18,20H,3-16,19H2,1-2H3;1H. The maximum absolute atomic E-state index is 9.58. The van der Waals surface area contributed by atoms with Crippen LogP contribution >= 0.6 is 12.4 Å². The predicted molar refractivity (Wildman–Crippen MR) is 97.2 cm³/mol. The van der Waals surface area contributed by atoms with Crippen molar-refractivity contribution in [1.82, 2.24) is 0 Å². The number of rotatable bonds is 15. The summed E-state index contributed by atoms with van der Waals surface area (Å²) < 4.78 is 0. The number of aliphatic hydroxyl groups is 1. The number of halogens is 1. The fourth-order valence-electron chi connectivity index (χ4n) is 2.63. The summed E-state index contributed by atoms with van der Waals surface area (Å²) in [6, 6.07) is -0.0765. The maximum atomic E-state index is 9.58. The second-order valence-electron chi connectivity index (χ2n) is 6.46. The lowest BCUT2D eigenvalue weighted by Gasteiger charge is -2.13. The molecule has 0 aromatic rings. The van der Waals surface area contributed by atoms with Gasteiger partial charge in [0.15, 0.2) is 0 Å². The highest BCUT2D eigenvalue weighted by atomic mass is 35.5. The zero-order chi connectivity index (χ0) is 15.1. The van der Waals surface area contributed by atoms with Crippen molar-refractivity contribution in [2.24, 2.45) is 5.73 Å². The maximum Gasteiger partial charge on any atom is 0.0688 e. The van der Waals surface area contributed by atoms with Crippen molar-refractivity contribution in [2.75, 3.05) is 0 Å². The van der Waals surface area contributed by atoms with Gasteiger partial charge in [-0.15, -0.1) is 12.4 Å². The molecule has 0 aliphatic rings. The molecular formula is C18H40ClNO. The molecule has 0 bridgehead atoms. The quantitative estimate of drug-likeness (QED) is 0.386. The SMILES string of the molecule is CCCCCCCCCCCCCCCC(O)C(C)N.Cl. The highest BCUT2D eigenvalue weighted by molar-refractivity contribution is 5.85. The van der Waals surface area contributed by atoms with Gasteiger partial charge in [0.25, 0.3) is 0 Å². The molecule has 0 fully saturated rings. The van der Waals surface area contributed by atoms with Crippen LogP contribution in [-0.4, -0.2) is 17.3 Å². The minimum atomic E-state index is -0.303. The van der Waals surface area contributed by atoms with E-state index in [1.807, 2.05) is 6.92 Å². The zero-order valence-electron chi connectivity index (χ0n) is 14.5. The zero-order valence-corrected chi connectivity index (χ0v) is 15.3. The Morgan fingerprint density at radius 1 is 0.714 bits per heavy atom. The van der Waals surface area contributed by atoms with Crippen LogP contribution in [0.2, 0.25) is 0 Å². The summed E-state index contributed by atoms with van der Waals surface area (Å²) in [5, 5.41) is 9.58. The van der Waals surface area contributed by atoms with Crippen molar-refractivity contribution < 1.29 is 5.11 Å². The van der Waals surface area contributed by atoms with Crippen LogP contribution in [0.4, 0.5) is 0 Å². The summed E-state index contributed by atoms with van der Waals surface area (Å²) in [5.41, 5.74) is 5.63. The fourth-order valence-corrected chi connectivity index (χ4v) is 2.63. The van der Waals surface area contributed by atoms with Gasteiger partial charge in [0.1, 0.15) is 0 Å². The van der Waals surface area contributed by atoms with Gasteiger partial charge in [-0.3, -0.25) is 0 Å². The van der Waals surface area contributed by atoms with Crippen molar-refractivity contribution in [1.29, 1.82) is 0 Å². The Hall–Kier alpha value is 0.210. The molecule has 0 amide bonds. The molecule has 2 unspecified atom stereocenters. The van der Waals surface area contributed by atoms with E-state index >= 15 is 0 Å². The predicted octanol–water partition coefficient (Wildman–Crippen LogP) is 5.60. The Morgan fingerprint density at radius 2 is 1.05 bits per heavy atom. The number of unbranched alkanes of at least 4 members (excludes halogenated alkanes) is 12. The van der Waals surface area contributed by atoms with Crippen LogP contribution in [0.1, 0.15) is 104 Å². The van der Waals surface area contributed by atoms with E-state index in [9.17, 15) is 5.11 Å². The van der Waals surface area contributed by atoms with Crippen molar-refractivity contribution in [2.45, 2.75) is 116 Å². The molecule has 0 heterocycles. The van der Waals surface area contributed by atoms with Crippen molar-refractivity contribution >= 4 is 12.4 Å². The number of hydrogen-bond donors (Lipinski definition) is 2. The molecule has 0 aliphatic carbocycles. The molecular weight excluding hydrogens is 282 g/mol. The summed E-state index contributed by atoms with van der Waals surface area (Å²) in [7, 11) is 0. The molecule has 3 N–H and O–H groups in total. The van der Waals surface area contributed by atoms with Crippen molar-refractivity contribution in [3.8, 4) is 0 Å². The molecule has 0 aromatic carbocycles. The van der Waals surface area contributed by atoms with E-state index in [0.717, 1.165) is 12.8 Å². The largest absolute Gasteiger partial charge is 0.392 e. The lowest BCUT2D eigenvalue weighted by atomic mass is 10.0. The molecule has 0 rings (SSSR count). The Morgan fingerprint density at radius 3 is 1.38 bits per heavy atom. The van der Waals surface area contributed by atoms with Crippen LogP contribution in [0.5, 0.6) is 0 Å². The molecule has 0 saturated heterocycles. The third-order valence-electron chi connectivity index (χ3n) is 4.21. The van der Waals surface area contributed by atoms with Gasteiger partial charge in [-0.2, -0.15) is 0 Å². The van der Waals surface area contributed by atoms with Crippen molar-refractivity contribution in [3.05, 3.63) is 0 Å². The third-order valence-corrected chi connectivity index (χ3v) is 4.21. The Balaban J connectivity index is 0. The van der Waals surface area contributed by atoms with Gasteiger partial charge in [0.2, 0.25) is 0 Å². The lowest BCUT2D eigenvalue weighted by Crippen LogP contribution is -2.31. The summed E-state index contributed by atoms with van der Waals surface area (Å²) in [6.07, 6.45) is 18.4. The average molecular weight is 322 g/mol. The van der Waals surface area contributed by atoms with Crippen LogP contribution in [0.25, 0.3) is 0 Å². The fraction of sp³-hybridized carbons (Fsp3) is 1.00. The van der Waals surface area contributed by atoms with E-state index < -0.39 is 0 Å². The first-order valence-corrected chi connectivity index (χ1v) is 9.12. The molecule has 0 spiro atoms. The number of aliphatic hydroxyl groups excluding tert-OH is 1. The molecule has 0 aromatic heterocycles. The van der Waals surface area contributed by atoms with Gasteiger partial charge < -0.3 is 10.8 Å². The summed E-state index contributed by atoms with van der Waals surface area (Å²) in [6.45, 7) is 4.16. The van der Waals surface area contributed by atoms with Crippen LogP contribution in [-0.2, 0) is 0 Å². The molecule has 0 radical (unpaired) electrons. The Kier molecular flexibility index (Phi) is 20.4. The molecule has 3 heteroatoms. The van der Waals surface area contributed by atoms with Crippen molar-refractivity contribution in [3.63, 3.8) is 0 Å². The van der Waals surface area contributed by atoms with E-state index in [0.29, 0.717) is 0 Å². The minimum Gasteiger partial charge on any atom is -0.392 e. The molecule has 130 valence electrons. The minimum absolute atomic E-state index is 0. The topological polar surface area (TPSA) is 46.2 Å². The van der Waals surface area contributed by atoms with Crippen LogP contribution in [0.3, 0.4) is 0 Å². The van der Waals surface area contributed by atoms with E-state index in [4.69, 9.17) is 5.73 Å². The van der Waals surface area contributed by atoms with Crippen LogP contribution in [0, 0.1) is 0 Å². The summed E-state index contributed by atoms with van der Waals surface area (Å²) in [4.78, 5) is 0. The second kappa shape index (κ2) is 18.3. The molecule has 2 atom stereocenters. The lowest BCUT2D eigenvalue weighted by molar-refractivity contribution is 0.138. The van der Waals surface area contributed by atoms with Gasteiger partial charge in [0, 0.05) is 6.04 Å². The van der Waals surface area contributed by atoms with Crippen LogP contribution < -0.4 is 5.73 Å². The molecule has 2 nitrogen and oxygen atoms in total. The van der Waals surface area contributed by atoms with E-state index in [1.54, 1.807) is 0 Å². The number of nitrogens with two attached hydrogens (primary N) is 1. The normalized spacial score (nSPS) is 13.7. The highest BCUT2D eigenvalue weighted by Crippen LogP contribution is 2.13. The average Bonchev–Trinajstić information content (AvgIpc) is 2.43. The van der Waals surface area contributed by atoms with Crippen LogP contribution in [0.15, 0.2) is 0 Å². The third kappa shape index (κ3) is 18.2. The first kappa shape index (κ1) is 23.5. The van der Waals surface area contributed by atoms with Gasteiger partial charge in [0.05, 0.1) is 6.10 Å². The monoisotopic (exact) mass is 321 g/mol. The highest BCUT2D eigenvalue weighted by Gasteiger charge is 2.07. The van der Waals surface area contributed by atoms with Gasteiger partial charge in [-0.1, -0.05) is 90.4 Å². The van der Waals surface area contributed by atoms with E-state index in [2.05, 4.69) is 6.92 Å². The molecule has 0 saturated carbocycles. The second-order valence-corrected chi connectivity index (χ2v) is 6.46. The van der Waals surface area contributed by atoms with Gasteiger partial charge in [-0.25, -0.2) is 0 Å². The first-order chi connectivity index (χ1) is 9.68. The van der Waals surface area contributed by atoms with E-state index in [1.165, 1.54) is 77.0 Å². The Labute approximate surface area is 139 Å². The van der Waals surface area contributed by atoms with E-state index in [-0.39, 0.29) is 24.6 Å². The number of hydrogen-bond acceptors (Lipinski definition) is 2. The van der Waals surface area contributed by atoms with Gasteiger partial charge >= 0.3 is 0 Å². The summed E-state index contributed by atoms with van der Waals surface area (Å²) >= 11 is 0. The molecule has 21 heavy (non-hydrogen) atoms. The molecule has 0 aliphatic heterocycles. The smallest absolute Gasteiger partial charge is 0.0688 e. The Bertz CT molecular complexity index is 188. The first-order valence-electron chi connectivity index (χ1n) is 9.12. The van der Waals surface area contributed by atoms with Gasteiger partial charge in [-0.05, 0) is 13.3 Å². The summed E-state index contributed by atoms with van der Waals surface area (Å²) in [5.74, 6) is 0.